The lowest BCUT2D eigenvalue weighted by Gasteiger charge is -2.21. The van der Waals surface area contributed by atoms with E-state index in [-0.39, 0.29) is 5.92 Å². The van der Waals surface area contributed by atoms with Crippen molar-refractivity contribution in [1.82, 2.24) is 4.90 Å². The molecule has 5 heteroatoms. The van der Waals surface area contributed by atoms with Crippen LogP contribution in [0.25, 0.3) is 0 Å². The Morgan fingerprint density at radius 1 is 1.12 bits per heavy atom. The van der Waals surface area contributed by atoms with Gasteiger partial charge in [-0.25, -0.2) is 4.79 Å². The van der Waals surface area contributed by atoms with Gasteiger partial charge in [0.25, 0.3) is 0 Å². The van der Waals surface area contributed by atoms with Gasteiger partial charge in [-0.15, -0.1) is 0 Å². The first-order chi connectivity index (χ1) is 12.2. The fraction of sp³-hybridized carbons (Fsp3) is 0.350. The van der Waals surface area contributed by atoms with Gasteiger partial charge in [-0.1, -0.05) is 24.3 Å². The van der Waals surface area contributed by atoms with Crippen molar-refractivity contribution in [2.45, 2.75) is 18.9 Å². The van der Waals surface area contributed by atoms with E-state index >= 15 is 0 Å². The largest absolute Gasteiger partial charge is 0.486 e. The summed E-state index contributed by atoms with van der Waals surface area (Å²) in [7, 11) is 0. The molecule has 0 amide bonds. The van der Waals surface area contributed by atoms with Gasteiger partial charge in [-0.3, -0.25) is 4.90 Å². The molecular weight excluding hydrogens is 318 g/mol. The van der Waals surface area contributed by atoms with Gasteiger partial charge in [0, 0.05) is 13.1 Å². The maximum atomic E-state index is 11.4. The Kier molecular flexibility index (Phi) is 4.32. The molecule has 2 aliphatic heterocycles. The molecule has 0 aromatic heterocycles. The lowest BCUT2D eigenvalue weighted by atomic mass is 9.93. The third-order valence-electron chi connectivity index (χ3n) is 4.92. The predicted molar refractivity (Wildman–Crippen MR) is 93.5 cm³/mol. The van der Waals surface area contributed by atoms with Crippen molar-refractivity contribution in [3.8, 4) is 11.5 Å². The summed E-state index contributed by atoms with van der Waals surface area (Å²) in [6.07, 6.45) is 0.981. The number of benzene rings is 2. The third kappa shape index (κ3) is 3.33. The van der Waals surface area contributed by atoms with Crippen molar-refractivity contribution < 1.29 is 19.4 Å². The van der Waals surface area contributed by atoms with Crippen LogP contribution in [0.1, 0.15) is 33.8 Å². The Balaban J connectivity index is 1.46. The minimum atomic E-state index is -0.846. The highest BCUT2D eigenvalue weighted by Crippen LogP contribution is 2.33. The second-order valence-electron chi connectivity index (χ2n) is 6.59. The summed E-state index contributed by atoms with van der Waals surface area (Å²) in [5.41, 5.74) is 2.56. The van der Waals surface area contributed by atoms with Crippen LogP contribution in [0.2, 0.25) is 0 Å². The zero-order valence-electron chi connectivity index (χ0n) is 14.0. The average Bonchev–Trinajstić information content (AvgIpc) is 3.10. The van der Waals surface area contributed by atoms with Crippen LogP contribution in [0.3, 0.4) is 0 Å². The van der Waals surface area contributed by atoms with E-state index in [0.29, 0.717) is 18.8 Å². The molecular formula is C20H21NO4. The summed E-state index contributed by atoms with van der Waals surface area (Å²) in [5.74, 6) is 1.05. The van der Waals surface area contributed by atoms with Gasteiger partial charge >= 0.3 is 5.97 Å². The maximum Gasteiger partial charge on any atom is 0.335 e. The van der Waals surface area contributed by atoms with Crippen LogP contribution in [-0.4, -0.2) is 42.3 Å². The zero-order valence-corrected chi connectivity index (χ0v) is 14.0. The third-order valence-corrected chi connectivity index (χ3v) is 4.92. The highest BCUT2D eigenvalue weighted by Gasteiger charge is 2.27. The number of rotatable bonds is 4. The Hall–Kier alpha value is -2.53. The van der Waals surface area contributed by atoms with Gasteiger partial charge in [-0.05, 0) is 48.2 Å². The molecule has 2 aromatic carbocycles. The lowest BCUT2D eigenvalue weighted by Crippen LogP contribution is -2.21. The van der Waals surface area contributed by atoms with E-state index in [0.717, 1.165) is 43.1 Å². The van der Waals surface area contributed by atoms with E-state index < -0.39 is 5.97 Å². The van der Waals surface area contributed by atoms with Gasteiger partial charge in [0.15, 0.2) is 11.5 Å². The van der Waals surface area contributed by atoms with E-state index in [1.54, 1.807) is 12.1 Å². The molecule has 1 unspecified atom stereocenters. The molecule has 0 aliphatic carbocycles. The monoisotopic (exact) mass is 339 g/mol. The van der Waals surface area contributed by atoms with E-state index in [4.69, 9.17) is 9.47 Å². The van der Waals surface area contributed by atoms with Crippen LogP contribution in [-0.2, 0) is 6.54 Å². The number of ether oxygens (including phenoxy) is 2. The van der Waals surface area contributed by atoms with Gasteiger partial charge in [-0.2, -0.15) is 0 Å². The molecule has 4 rings (SSSR count). The number of carboxylic acid groups (broad SMARTS) is 1. The van der Waals surface area contributed by atoms with E-state index in [9.17, 15) is 9.90 Å². The standard InChI is InChI=1S/C20H21NO4/c22-20(23)17-4-2-1-3-16(17)15-7-8-21(13-15)12-14-5-6-18-19(11-14)25-10-9-24-18/h1-6,11,15H,7-10,12-13H2,(H,22,23). The smallest absolute Gasteiger partial charge is 0.335 e. The first-order valence-corrected chi connectivity index (χ1v) is 8.64. The zero-order chi connectivity index (χ0) is 17.2. The Labute approximate surface area is 146 Å². The van der Waals surface area contributed by atoms with E-state index in [1.165, 1.54) is 5.56 Å². The molecule has 1 fully saturated rings. The lowest BCUT2D eigenvalue weighted by molar-refractivity contribution is 0.0695. The number of likely N-dealkylation sites (tertiary alicyclic amines) is 1. The number of hydrogen-bond donors (Lipinski definition) is 1. The van der Waals surface area contributed by atoms with Gasteiger partial charge < -0.3 is 14.6 Å². The van der Waals surface area contributed by atoms with E-state index in [2.05, 4.69) is 11.0 Å². The van der Waals surface area contributed by atoms with Gasteiger partial charge in [0.05, 0.1) is 5.56 Å². The van der Waals surface area contributed by atoms with Crippen molar-refractivity contribution in [3.63, 3.8) is 0 Å². The number of nitrogens with zero attached hydrogens (tertiary/aromatic N) is 1. The molecule has 1 atom stereocenters. The quantitative estimate of drug-likeness (QED) is 0.927. The topological polar surface area (TPSA) is 59.0 Å². The molecule has 1 saturated heterocycles. The molecule has 130 valence electrons. The SMILES string of the molecule is O=C(O)c1ccccc1C1CCN(Cc2ccc3c(c2)OCCO3)C1. The van der Waals surface area contributed by atoms with Crippen LogP contribution in [0.5, 0.6) is 11.5 Å². The Morgan fingerprint density at radius 3 is 2.76 bits per heavy atom. The molecule has 0 saturated carbocycles. The summed E-state index contributed by atoms with van der Waals surface area (Å²) < 4.78 is 11.2. The molecule has 25 heavy (non-hydrogen) atoms. The minimum Gasteiger partial charge on any atom is -0.486 e. The summed E-state index contributed by atoms with van der Waals surface area (Å²) in [5, 5.41) is 9.40. The number of carboxylic acids is 1. The van der Waals surface area contributed by atoms with Gasteiger partial charge in [0.2, 0.25) is 0 Å². The predicted octanol–water partition coefficient (Wildman–Crippen LogP) is 3.15. The molecule has 2 heterocycles. The molecule has 2 aliphatic rings. The van der Waals surface area contributed by atoms with Crippen molar-refractivity contribution in [1.29, 1.82) is 0 Å². The first kappa shape index (κ1) is 16.0. The number of fused-ring (bicyclic) bond motifs is 1. The number of aromatic carboxylic acids is 1. The molecule has 0 bridgehead atoms. The second-order valence-corrected chi connectivity index (χ2v) is 6.59. The first-order valence-electron chi connectivity index (χ1n) is 8.64. The summed E-state index contributed by atoms with van der Waals surface area (Å²) in [6.45, 7) is 3.87. The molecule has 2 aromatic rings. The fourth-order valence-corrected chi connectivity index (χ4v) is 3.72. The van der Waals surface area contributed by atoms with Crippen molar-refractivity contribution >= 4 is 5.97 Å². The summed E-state index contributed by atoms with van der Waals surface area (Å²) >= 11 is 0. The molecule has 1 N–H and O–H groups in total. The van der Waals surface area contributed by atoms with Crippen LogP contribution in [0.15, 0.2) is 42.5 Å². The molecule has 0 spiro atoms. The van der Waals surface area contributed by atoms with Crippen molar-refractivity contribution in [2.24, 2.45) is 0 Å². The van der Waals surface area contributed by atoms with Crippen LogP contribution in [0.4, 0.5) is 0 Å². The summed E-state index contributed by atoms with van der Waals surface area (Å²) in [6, 6.07) is 13.4. The Bertz CT molecular complexity index is 789. The molecule has 5 nitrogen and oxygen atoms in total. The minimum absolute atomic E-state index is 0.268. The van der Waals surface area contributed by atoms with Crippen LogP contribution < -0.4 is 9.47 Å². The highest BCUT2D eigenvalue weighted by molar-refractivity contribution is 5.89. The van der Waals surface area contributed by atoms with Crippen molar-refractivity contribution in [3.05, 3.63) is 59.2 Å². The average molecular weight is 339 g/mol. The fourth-order valence-electron chi connectivity index (χ4n) is 3.72. The van der Waals surface area contributed by atoms with E-state index in [1.807, 2.05) is 24.3 Å². The van der Waals surface area contributed by atoms with Crippen LogP contribution >= 0.6 is 0 Å². The number of carbonyl (C=O) groups is 1. The molecule has 0 radical (unpaired) electrons. The van der Waals surface area contributed by atoms with Gasteiger partial charge in [0.1, 0.15) is 13.2 Å². The van der Waals surface area contributed by atoms with Crippen molar-refractivity contribution in [2.75, 3.05) is 26.3 Å². The normalized spacial score (nSPS) is 19.8. The Morgan fingerprint density at radius 2 is 1.92 bits per heavy atom. The van der Waals surface area contributed by atoms with Crippen LogP contribution in [0, 0.1) is 0 Å². The number of hydrogen-bond acceptors (Lipinski definition) is 4. The highest BCUT2D eigenvalue weighted by atomic mass is 16.6. The summed E-state index contributed by atoms with van der Waals surface area (Å²) in [4.78, 5) is 13.8. The maximum absolute atomic E-state index is 11.4. The second kappa shape index (κ2) is 6.76.